The molecular weight excluding hydrogens is 234 g/mol. The minimum Gasteiger partial charge on any atom is -0.357 e. The number of nitrogens with zero attached hydrogens (tertiary/aromatic N) is 1. The number of hydrogen-bond acceptors (Lipinski definition) is 1. The first-order valence-electron chi connectivity index (χ1n) is 6.78. The molecule has 1 atom stereocenters. The minimum atomic E-state index is 0.357. The Morgan fingerprint density at radius 3 is 2.74 bits per heavy atom. The quantitative estimate of drug-likeness (QED) is 0.465. The van der Waals surface area contributed by atoms with Crippen molar-refractivity contribution in [2.75, 3.05) is 13.1 Å². The third-order valence-corrected chi connectivity index (χ3v) is 2.76. The van der Waals surface area contributed by atoms with E-state index in [1.165, 1.54) is 5.56 Å². The van der Waals surface area contributed by atoms with Crippen LogP contribution in [0, 0.1) is 12.3 Å². The molecule has 0 aliphatic carbocycles. The molecule has 0 aliphatic rings. The first-order valence-corrected chi connectivity index (χ1v) is 6.78. The second kappa shape index (κ2) is 9.04. The fourth-order valence-corrected chi connectivity index (χ4v) is 1.78. The molecule has 1 unspecified atom stereocenters. The number of terminal acetylenes is 1. The van der Waals surface area contributed by atoms with Crippen molar-refractivity contribution in [3.05, 3.63) is 35.9 Å². The summed E-state index contributed by atoms with van der Waals surface area (Å²) >= 11 is 0. The van der Waals surface area contributed by atoms with Gasteiger partial charge in [-0.3, -0.25) is 0 Å². The van der Waals surface area contributed by atoms with Crippen molar-refractivity contribution in [3.63, 3.8) is 0 Å². The van der Waals surface area contributed by atoms with Gasteiger partial charge in [0.25, 0.3) is 0 Å². The standard InChI is InChI=1S/C16H23N3/c1-4-13-18-16(17-5-2)19-14(3)11-12-15-9-7-6-8-10-15/h1,6-10,14H,5,11-13H2,2-3H3,(H2,17,18,19). The second-order valence-corrected chi connectivity index (χ2v) is 4.47. The highest BCUT2D eigenvalue weighted by molar-refractivity contribution is 5.80. The lowest BCUT2D eigenvalue weighted by atomic mass is 10.1. The average Bonchev–Trinajstić information content (AvgIpc) is 2.44. The Morgan fingerprint density at radius 2 is 2.11 bits per heavy atom. The van der Waals surface area contributed by atoms with E-state index in [1.54, 1.807) is 0 Å². The van der Waals surface area contributed by atoms with Gasteiger partial charge in [-0.15, -0.1) is 6.42 Å². The topological polar surface area (TPSA) is 36.4 Å². The van der Waals surface area contributed by atoms with Crippen LogP contribution in [0.3, 0.4) is 0 Å². The van der Waals surface area contributed by atoms with Gasteiger partial charge in [-0.1, -0.05) is 36.3 Å². The van der Waals surface area contributed by atoms with Gasteiger partial charge in [-0.25, -0.2) is 4.99 Å². The number of hydrogen-bond donors (Lipinski definition) is 2. The lowest BCUT2D eigenvalue weighted by Gasteiger charge is -2.17. The summed E-state index contributed by atoms with van der Waals surface area (Å²) in [7, 11) is 0. The molecule has 102 valence electrons. The first-order chi connectivity index (χ1) is 9.26. The normalized spacial score (nSPS) is 12.6. The highest BCUT2D eigenvalue weighted by Crippen LogP contribution is 2.04. The number of benzene rings is 1. The fraction of sp³-hybridized carbons (Fsp3) is 0.438. The van der Waals surface area contributed by atoms with Gasteiger partial charge in [0.05, 0.1) is 0 Å². The Kier molecular flexibility index (Phi) is 7.19. The Morgan fingerprint density at radius 1 is 1.37 bits per heavy atom. The Bertz CT molecular complexity index is 417. The van der Waals surface area contributed by atoms with E-state index < -0.39 is 0 Å². The Labute approximate surface area is 116 Å². The van der Waals surface area contributed by atoms with Crippen molar-refractivity contribution in [2.45, 2.75) is 32.7 Å². The SMILES string of the molecule is C#CCN=C(NCC)NC(C)CCc1ccccc1. The van der Waals surface area contributed by atoms with Gasteiger partial charge in [-0.05, 0) is 32.3 Å². The van der Waals surface area contributed by atoms with E-state index in [0.29, 0.717) is 12.6 Å². The second-order valence-electron chi connectivity index (χ2n) is 4.47. The van der Waals surface area contributed by atoms with Gasteiger partial charge in [0.15, 0.2) is 5.96 Å². The molecule has 1 aromatic rings. The van der Waals surface area contributed by atoms with Gasteiger partial charge in [0.1, 0.15) is 6.54 Å². The third-order valence-electron chi connectivity index (χ3n) is 2.76. The van der Waals surface area contributed by atoms with Crippen LogP contribution in [0.15, 0.2) is 35.3 Å². The molecule has 19 heavy (non-hydrogen) atoms. The van der Waals surface area contributed by atoms with Gasteiger partial charge >= 0.3 is 0 Å². The predicted molar refractivity (Wildman–Crippen MR) is 82.2 cm³/mol. The molecule has 0 spiro atoms. The maximum atomic E-state index is 5.23. The van der Waals surface area contributed by atoms with Crippen molar-refractivity contribution in [1.82, 2.24) is 10.6 Å². The molecular formula is C16H23N3. The number of aliphatic imine (C=N–C) groups is 1. The van der Waals surface area contributed by atoms with Crippen LogP contribution in [0.4, 0.5) is 0 Å². The highest BCUT2D eigenvalue weighted by atomic mass is 15.2. The van der Waals surface area contributed by atoms with Crippen LogP contribution in [0.2, 0.25) is 0 Å². The summed E-state index contributed by atoms with van der Waals surface area (Å²) in [5.74, 6) is 3.31. The molecule has 0 saturated heterocycles. The summed E-state index contributed by atoms with van der Waals surface area (Å²) < 4.78 is 0. The van der Waals surface area contributed by atoms with E-state index in [-0.39, 0.29) is 0 Å². The van der Waals surface area contributed by atoms with E-state index in [9.17, 15) is 0 Å². The van der Waals surface area contributed by atoms with Gasteiger partial charge < -0.3 is 10.6 Å². The summed E-state index contributed by atoms with van der Waals surface area (Å²) in [6.45, 7) is 5.44. The monoisotopic (exact) mass is 257 g/mol. The molecule has 2 N–H and O–H groups in total. The molecule has 0 amide bonds. The van der Waals surface area contributed by atoms with Crippen LogP contribution < -0.4 is 10.6 Å². The van der Waals surface area contributed by atoms with E-state index in [2.05, 4.69) is 52.7 Å². The van der Waals surface area contributed by atoms with Gasteiger partial charge in [-0.2, -0.15) is 0 Å². The van der Waals surface area contributed by atoms with Crippen molar-refractivity contribution in [3.8, 4) is 12.3 Å². The van der Waals surface area contributed by atoms with Crippen LogP contribution in [0.25, 0.3) is 0 Å². The number of aryl methyl sites for hydroxylation is 1. The van der Waals surface area contributed by atoms with Gasteiger partial charge in [0.2, 0.25) is 0 Å². The molecule has 0 bridgehead atoms. The predicted octanol–water partition coefficient (Wildman–Crippen LogP) is 2.20. The third kappa shape index (κ3) is 6.52. The van der Waals surface area contributed by atoms with Crippen LogP contribution in [0.5, 0.6) is 0 Å². The Balaban J connectivity index is 2.40. The molecule has 0 saturated carbocycles. The maximum Gasteiger partial charge on any atom is 0.192 e. The molecule has 0 heterocycles. The van der Waals surface area contributed by atoms with E-state index in [1.807, 2.05) is 13.0 Å². The summed E-state index contributed by atoms with van der Waals surface area (Å²) in [4.78, 5) is 4.29. The molecule has 3 heteroatoms. The maximum absolute atomic E-state index is 5.23. The van der Waals surface area contributed by atoms with Crippen LogP contribution in [0.1, 0.15) is 25.8 Å². The first kappa shape index (κ1) is 15.1. The molecule has 3 nitrogen and oxygen atoms in total. The average molecular weight is 257 g/mol. The van der Waals surface area contributed by atoms with E-state index in [4.69, 9.17) is 6.42 Å². The Hall–Kier alpha value is -1.95. The zero-order chi connectivity index (χ0) is 13.9. The van der Waals surface area contributed by atoms with Gasteiger partial charge in [0, 0.05) is 12.6 Å². The largest absolute Gasteiger partial charge is 0.357 e. The molecule has 0 radical (unpaired) electrons. The molecule has 1 aromatic carbocycles. The zero-order valence-corrected chi connectivity index (χ0v) is 11.8. The van der Waals surface area contributed by atoms with Crippen molar-refractivity contribution >= 4 is 5.96 Å². The van der Waals surface area contributed by atoms with Crippen LogP contribution in [-0.2, 0) is 6.42 Å². The summed E-state index contributed by atoms with van der Waals surface area (Å²) in [6, 6.07) is 10.9. The fourth-order valence-electron chi connectivity index (χ4n) is 1.78. The summed E-state index contributed by atoms with van der Waals surface area (Å²) in [5, 5.41) is 6.56. The number of rotatable bonds is 6. The van der Waals surface area contributed by atoms with Crippen molar-refractivity contribution < 1.29 is 0 Å². The molecule has 0 fully saturated rings. The van der Waals surface area contributed by atoms with Crippen molar-refractivity contribution in [2.24, 2.45) is 4.99 Å². The molecule has 0 aliphatic heterocycles. The smallest absolute Gasteiger partial charge is 0.192 e. The molecule has 1 rings (SSSR count). The van der Waals surface area contributed by atoms with E-state index in [0.717, 1.165) is 25.3 Å². The minimum absolute atomic E-state index is 0.357. The lowest BCUT2D eigenvalue weighted by Crippen LogP contribution is -2.42. The zero-order valence-electron chi connectivity index (χ0n) is 11.8. The summed E-state index contributed by atoms with van der Waals surface area (Å²) in [5.41, 5.74) is 1.36. The molecule has 0 aromatic heterocycles. The van der Waals surface area contributed by atoms with Crippen LogP contribution in [-0.4, -0.2) is 25.1 Å². The van der Waals surface area contributed by atoms with E-state index >= 15 is 0 Å². The summed E-state index contributed by atoms with van der Waals surface area (Å²) in [6.07, 6.45) is 7.34. The number of nitrogens with one attached hydrogen (secondary N) is 2. The van der Waals surface area contributed by atoms with Crippen molar-refractivity contribution in [1.29, 1.82) is 0 Å². The highest BCUT2D eigenvalue weighted by Gasteiger charge is 2.05. The van der Waals surface area contributed by atoms with Crippen LogP contribution >= 0.6 is 0 Å². The number of guanidine groups is 1. The lowest BCUT2D eigenvalue weighted by molar-refractivity contribution is 0.594.